The predicted octanol–water partition coefficient (Wildman–Crippen LogP) is 16.0. The zero-order chi connectivity index (χ0) is 74.6. The highest BCUT2D eigenvalue weighted by Crippen LogP contribution is 2.36. The molecular formula is C84H96N8O16. The molecule has 4 aromatic carbocycles. The van der Waals surface area contributed by atoms with E-state index in [4.69, 9.17) is 38.7 Å². The van der Waals surface area contributed by atoms with Gasteiger partial charge in [-0.2, -0.15) is 0 Å². The second kappa shape index (κ2) is 37.2. The molecule has 0 radical (unpaired) electrons. The van der Waals surface area contributed by atoms with Gasteiger partial charge in [-0.05, 0) is 300 Å². The van der Waals surface area contributed by atoms with E-state index in [-0.39, 0.29) is 115 Å². The number of hydrogen-bond acceptors (Lipinski definition) is 24. The fourth-order valence-electron chi connectivity index (χ4n) is 15.3. The maximum absolute atomic E-state index is 15.3. The van der Waals surface area contributed by atoms with E-state index in [1.807, 2.05) is 36.5 Å². The Morgan fingerprint density at radius 2 is 0.407 bits per heavy atom. The molecule has 24 nitrogen and oxygen atoms in total. The molecule has 9 aliphatic carbocycles. The highest BCUT2D eigenvalue weighted by Gasteiger charge is 2.33. The summed E-state index contributed by atoms with van der Waals surface area (Å²) in [5.41, 5.74) is 23.0. The Morgan fingerprint density at radius 3 is 0.593 bits per heavy atom. The van der Waals surface area contributed by atoms with Gasteiger partial charge < -0.3 is 38.7 Å². The number of carbonyl (C=O) groups excluding carboxylic acids is 8. The minimum absolute atomic E-state index is 0.137. The Morgan fingerprint density at radius 1 is 0.222 bits per heavy atom. The molecule has 13 rings (SSSR count). The molecule has 2 saturated carbocycles. The van der Waals surface area contributed by atoms with Crippen LogP contribution in [0.15, 0.2) is 129 Å². The van der Waals surface area contributed by atoms with Gasteiger partial charge in [0.1, 0.15) is 0 Å². The zero-order valence-corrected chi connectivity index (χ0v) is 61.4. The minimum atomic E-state index is -0.956. The summed E-state index contributed by atoms with van der Waals surface area (Å²) >= 11 is 0. The lowest BCUT2D eigenvalue weighted by atomic mass is 9.84. The molecule has 0 atom stereocenters. The number of fused-ring (bicyclic) bond motifs is 8. The summed E-state index contributed by atoms with van der Waals surface area (Å²) in [6.45, 7) is 0. The van der Waals surface area contributed by atoms with E-state index in [9.17, 15) is 0 Å². The molecule has 0 heterocycles. The first kappa shape index (κ1) is 75.5. The first-order valence-corrected chi connectivity index (χ1v) is 39.0. The quantitative estimate of drug-likeness (QED) is 0.0213. The topological polar surface area (TPSA) is 307 Å². The van der Waals surface area contributed by atoms with Crippen molar-refractivity contribution in [1.29, 1.82) is 0 Å². The summed E-state index contributed by atoms with van der Waals surface area (Å²) in [6.07, 6.45) is 36.9. The second-order valence-corrected chi connectivity index (χ2v) is 29.4. The third kappa shape index (κ3) is 20.1. The average molecular weight is 1470 g/mol. The van der Waals surface area contributed by atoms with Crippen LogP contribution in [0.1, 0.15) is 346 Å². The molecule has 0 aromatic heterocycles. The van der Waals surface area contributed by atoms with Gasteiger partial charge in [0.05, 0.1) is 55.9 Å². The van der Waals surface area contributed by atoms with Crippen LogP contribution in [0.25, 0.3) is 0 Å². The molecule has 0 aliphatic heterocycles. The molecule has 568 valence electrons. The van der Waals surface area contributed by atoms with Gasteiger partial charge >= 0.3 is 47.8 Å². The molecule has 108 heavy (non-hydrogen) atoms. The molecule has 0 spiro atoms. The number of hydrogen-bond donors (Lipinski definition) is 6. The van der Waals surface area contributed by atoms with Gasteiger partial charge in [-0.15, -0.1) is 0 Å². The molecule has 4 aromatic rings. The maximum atomic E-state index is 15.3. The van der Waals surface area contributed by atoms with Crippen LogP contribution in [0, 0.1) is 0 Å². The van der Waals surface area contributed by atoms with E-state index in [1.54, 1.807) is 24.3 Å². The van der Waals surface area contributed by atoms with Crippen LogP contribution in [0.2, 0.25) is 0 Å². The molecule has 0 saturated heterocycles. The highest BCUT2D eigenvalue weighted by atomic mass is 16.7. The number of oxime groups is 2. The molecule has 0 amide bonds. The summed E-state index contributed by atoms with van der Waals surface area (Å²) in [5, 5.41) is 8.78. The third-order valence-corrected chi connectivity index (χ3v) is 21.4. The van der Waals surface area contributed by atoms with Crippen LogP contribution >= 0.6 is 0 Å². The number of rotatable bonds is 22. The second-order valence-electron chi connectivity index (χ2n) is 29.4. The number of carbonyl (C=O) groups is 8. The smallest absolute Gasteiger partial charge is 0.338 e. The fraction of sp³-hybridized carbons (Fsp3) is 0.452. The summed E-state index contributed by atoms with van der Waals surface area (Å²) in [4.78, 5) is 170. The average Bonchev–Trinajstić information content (AvgIpc) is 0.757. The lowest BCUT2D eigenvalue weighted by Gasteiger charge is -2.22. The predicted molar refractivity (Wildman–Crippen MR) is 399 cm³/mol. The largest absolute Gasteiger partial charge is 0.366 e. The standard InChI is InChI=1S/C84H96N8O16/c93-77(101-85-61-25-9-1-10-26-61)69-49-70(78(94)102-86-62-27-11-2-12-28-62)54-41-53(69)45-55-42-56(72(80(96)104-88-64-31-15-4-16-32-64)50-71(55)79(95)103-87-63-29-13-3-14-30-63)47-59-44-60(76(84(100)108-92-68-39-23-8-24-40-68)52-75(59)83(99)107-91-67-37-21-7-22-38-67)48-58-43-57(46-54)73(81(97)105-89-65-33-17-5-18-34-65)51-74(58)82(98)106-90-66-35-19-6-20-36-66/h25,27,29,31,33,35,41-44,49-52,85-90H,1-24,26,28,30,32,34,36-40,45-48H2. The van der Waals surface area contributed by atoms with Crippen LogP contribution in [-0.2, 0) is 64.4 Å². The van der Waals surface area contributed by atoms with Crippen LogP contribution in [-0.4, -0.2) is 59.2 Å². The monoisotopic (exact) mass is 1470 g/mol. The van der Waals surface area contributed by atoms with Crippen molar-refractivity contribution >= 4 is 59.2 Å². The Labute approximate surface area is 628 Å². The lowest BCUT2D eigenvalue weighted by molar-refractivity contribution is 0.0293. The first-order valence-electron chi connectivity index (χ1n) is 39.0. The third-order valence-electron chi connectivity index (χ3n) is 21.4. The van der Waals surface area contributed by atoms with Crippen molar-refractivity contribution in [3.63, 3.8) is 0 Å². The number of allylic oxidation sites excluding steroid dienone is 12. The van der Waals surface area contributed by atoms with Gasteiger partial charge in [-0.1, -0.05) is 83.9 Å². The molecule has 9 aliphatic rings. The summed E-state index contributed by atoms with van der Waals surface area (Å²) in [6, 6.07) is 11.9. The van der Waals surface area contributed by atoms with E-state index in [1.165, 1.54) is 24.3 Å². The van der Waals surface area contributed by atoms with Crippen molar-refractivity contribution in [2.45, 2.75) is 244 Å². The highest BCUT2D eigenvalue weighted by molar-refractivity contribution is 6.03. The van der Waals surface area contributed by atoms with Crippen molar-refractivity contribution in [1.82, 2.24) is 32.9 Å². The van der Waals surface area contributed by atoms with Crippen molar-refractivity contribution < 1.29 is 77.1 Å². The molecular weight excluding hydrogens is 1380 g/mol. The summed E-state index contributed by atoms with van der Waals surface area (Å²) in [5.74, 6) is -7.42. The van der Waals surface area contributed by atoms with Crippen LogP contribution in [0.5, 0.6) is 0 Å². The van der Waals surface area contributed by atoms with Gasteiger partial charge in [-0.3, -0.25) is 0 Å². The van der Waals surface area contributed by atoms with E-state index < -0.39 is 47.8 Å². The Hall–Kier alpha value is -10.8. The van der Waals surface area contributed by atoms with E-state index in [0.717, 1.165) is 154 Å². The number of nitrogens with one attached hydrogen (secondary N) is 6. The number of nitrogens with zero attached hydrogens (tertiary/aromatic N) is 2. The van der Waals surface area contributed by atoms with E-state index >= 15 is 38.4 Å². The molecule has 8 bridgehead atoms. The Kier molecular flexibility index (Phi) is 26.0. The van der Waals surface area contributed by atoms with Gasteiger partial charge in [-0.25, -0.2) is 71.2 Å². The molecule has 6 N–H and O–H groups in total. The van der Waals surface area contributed by atoms with Crippen LogP contribution in [0.3, 0.4) is 0 Å². The lowest BCUT2D eigenvalue weighted by Crippen LogP contribution is -2.26. The van der Waals surface area contributed by atoms with Crippen molar-refractivity contribution in [3.05, 3.63) is 208 Å². The summed E-state index contributed by atoms with van der Waals surface area (Å²) in [7, 11) is 0. The van der Waals surface area contributed by atoms with Gasteiger partial charge in [0, 0.05) is 34.2 Å². The van der Waals surface area contributed by atoms with Gasteiger partial charge in [0.25, 0.3) is 0 Å². The normalized spacial score (nSPS) is 17.9. The number of hydroxylamine groups is 6. The van der Waals surface area contributed by atoms with E-state index in [2.05, 4.69) is 43.2 Å². The van der Waals surface area contributed by atoms with Gasteiger partial charge in [0.15, 0.2) is 0 Å². The van der Waals surface area contributed by atoms with Gasteiger partial charge in [0.2, 0.25) is 0 Å². The van der Waals surface area contributed by atoms with Crippen LogP contribution < -0.4 is 32.9 Å². The molecule has 0 unspecified atom stereocenters. The molecule has 24 heteroatoms. The van der Waals surface area contributed by atoms with Crippen molar-refractivity contribution in [3.8, 4) is 0 Å². The number of benzene rings is 4. The Balaban J connectivity index is 1.06. The zero-order valence-electron chi connectivity index (χ0n) is 61.4. The van der Waals surface area contributed by atoms with Crippen molar-refractivity contribution in [2.75, 3.05) is 0 Å². The molecule has 2 fully saturated rings. The van der Waals surface area contributed by atoms with Crippen molar-refractivity contribution in [2.24, 2.45) is 10.3 Å². The first-order chi connectivity index (χ1) is 52.8. The van der Waals surface area contributed by atoms with Crippen LogP contribution in [0.4, 0.5) is 0 Å². The van der Waals surface area contributed by atoms with E-state index in [0.29, 0.717) is 110 Å². The summed E-state index contributed by atoms with van der Waals surface area (Å²) < 4.78 is 0. The Bertz CT molecular complexity index is 4120. The minimum Gasteiger partial charge on any atom is -0.338 e. The fourth-order valence-corrected chi connectivity index (χ4v) is 15.3. The maximum Gasteiger partial charge on any atom is 0.366 e. The SMILES string of the molecule is O=C(ON=C1CCCCC1)c1cc(C(=O)ON=C2CCCCC2)c2cc1Cc1cc(c(C(=O)ONC3=CCCCC3)cc1C(=O)ONC1=CCCCC1)Cc1cc(c(C(=O)ONC3=CCCCC3)cc1C(=O)ONC1=CCCCC1)Cc1cc(c(C(=O)ONC3=CCCCC3)cc1C(=O)ONC1=CCCCC1)C2.